The Bertz CT molecular complexity index is 866. The largest absolute Gasteiger partial charge is 0.299 e. The Morgan fingerprint density at radius 1 is 1.26 bits per heavy atom. The summed E-state index contributed by atoms with van der Waals surface area (Å²) in [5, 5.41) is 10.9. The van der Waals surface area contributed by atoms with E-state index in [4.69, 9.17) is 0 Å². The second-order valence-electron chi connectivity index (χ2n) is 6.06. The number of rotatable bonds is 9. The summed E-state index contributed by atoms with van der Waals surface area (Å²) in [4.78, 5) is 13.3. The fourth-order valence-electron chi connectivity index (χ4n) is 1.93. The molecule has 2 rings (SSSR count). The molecule has 1 heterocycles. The van der Waals surface area contributed by atoms with Crippen LogP contribution in [-0.4, -0.2) is 54.4 Å². The molecule has 0 aliphatic carbocycles. The van der Waals surface area contributed by atoms with Crippen LogP contribution in [0.1, 0.15) is 13.8 Å². The molecule has 1 amide bonds. The van der Waals surface area contributed by atoms with Crippen molar-refractivity contribution in [1.29, 1.82) is 0 Å². The van der Waals surface area contributed by atoms with Gasteiger partial charge in [-0.1, -0.05) is 36.9 Å². The number of nitrogens with zero attached hydrogens (tertiary/aromatic N) is 3. The smallest absolute Gasteiger partial charge is 0.243 e. The van der Waals surface area contributed by atoms with Crippen molar-refractivity contribution in [2.75, 3.05) is 30.9 Å². The van der Waals surface area contributed by atoms with E-state index < -0.39 is 15.9 Å². The van der Waals surface area contributed by atoms with Crippen LogP contribution in [0.5, 0.6) is 0 Å². The van der Waals surface area contributed by atoms with Gasteiger partial charge in [0.1, 0.15) is 0 Å². The van der Waals surface area contributed by atoms with Crippen molar-refractivity contribution in [3.8, 4) is 0 Å². The number of thioether (sulfide) groups is 2. The molecule has 0 atom stereocenters. The Balaban J connectivity index is 1.95. The highest BCUT2D eigenvalue weighted by Crippen LogP contribution is 2.27. The molecule has 0 aliphatic rings. The number of carbonyl (C=O) groups excluding carboxylic acids is 1. The summed E-state index contributed by atoms with van der Waals surface area (Å²) in [7, 11) is -2.36. The first-order valence-corrected chi connectivity index (χ1v) is 12.6. The molecule has 0 saturated carbocycles. The number of amides is 1. The zero-order valence-corrected chi connectivity index (χ0v) is 18.8. The van der Waals surface area contributed by atoms with E-state index in [1.807, 2.05) is 6.26 Å². The maximum absolute atomic E-state index is 12.6. The molecule has 1 N–H and O–H groups in total. The van der Waals surface area contributed by atoms with Gasteiger partial charge in [-0.15, -0.1) is 22.0 Å². The molecular formula is C16H22N4O3S4. The normalized spacial score (nSPS) is 11.9. The van der Waals surface area contributed by atoms with E-state index in [1.54, 1.807) is 36.0 Å². The zero-order chi connectivity index (χ0) is 20.0. The number of likely N-dealkylation sites (N-methyl/N-ethyl adjacent to an activating group) is 1. The van der Waals surface area contributed by atoms with Crippen molar-refractivity contribution in [2.45, 2.75) is 28.0 Å². The first kappa shape index (κ1) is 22.2. The van der Waals surface area contributed by atoms with Gasteiger partial charge in [-0.3, -0.25) is 10.1 Å². The minimum absolute atomic E-state index is 0.152. The summed E-state index contributed by atoms with van der Waals surface area (Å²) in [5.41, 5.74) is 0. The van der Waals surface area contributed by atoms with Gasteiger partial charge >= 0.3 is 0 Å². The molecule has 0 aliphatic heterocycles. The third-order valence-corrected chi connectivity index (χ3v) is 8.29. The van der Waals surface area contributed by atoms with Crippen molar-refractivity contribution in [2.24, 2.45) is 5.92 Å². The van der Waals surface area contributed by atoms with Crippen molar-refractivity contribution >= 4 is 55.9 Å². The van der Waals surface area contributed by atoms with E-state index in [2.05, 4.69) is 29.4 Å². The van der Waals surface area contributed by atoms with Gasteiger partial charge in [-0.2, -0.15) is 4.31 Å². The first-order chi connectivity index (χ1) is 12.7. The van der Waals surface area contributed by atoms with Crippen LogP contribution < -0.4 is 5.32 Å². The fraction of sp³-hybridized carbons (Fsp3) is 0.438. The molecule has 11 heteroatoms. The summed E-state index contributed by atoms with van der Waals surface area (Å²) in [6.45, 7) is 3.92. The Morgan fingerprint density at radius 2 is 1.93 bits per heavy atom. The Hall–Kier alpha value is -1.14. The molecule has 27 heavy (non-hydrogen) atoms. The summed E-state index contributed by atoms with van der Waals surface area (Å²) in [6, 6.07) is 6.56. The van der Waals surface area contributed by atoms with Crippen LogP contribution in [0, 0.1) is 5.92 Å². The summed E-state index contributed by atoms with van der Waals surface area (Å²) < 4.78 is 27.0. The monoisotopic (exact) mass is 446 g/mol. The number of sulfonamides is 1. The molecule has 0 saturated heterocycles. The summed E-state index contributed by atoms with van der Waals surface area (Å²) in [5.74, 6) is 0.984. The van der Waals surface area contributed by atoms with Gasteiger partial charge in [-0.05, 0) is 36.4 Å². The van der Waals surface area contributed by atoms with Gasteiger partial charge in [0.2, 0.25) is 21.1 Å². The number of hydrogen-bond acceptors (Lipinski definition) is 8. The van der Waals surface area contributed by atoms with Crippen LogP contribution in [0.15, 0.2) is 38.4 Å². The third kappa shape index (κ3) is 6.46. The molecule has 0 bridgehead atoms. The van der Waals surface area contributed by atoms with E-state index in [9.17, 15) is 13.2 Å². The van der Waals surface area contributed by atoms with Gasteiger partial charge in [0.15, 0.2) is 4.34 Å². The van der Waals surface area contributed by atoms with Crippen LogP contribution in [-0.2, 0) is 14.8 Å². The Labute approximate surface area is 172 Å². The SMILES string of the molecule is CSc1ccc(S(=O)(=O)N(C)CC(=O)Nc2nnc(SCC(C)C)s2)cc1. The molecule has 7 nitrogen and oxygen atoms in total. The molecule has 2 aromatic rings. The van der Waals surface area contributed by atoms with Gasteiger partial charge < -0.3 is 0 Å². The van der Waals surface area contributed by atoms with E-state index in [0.717, 1.165) is 19.3 Å². The minimum Gasteiger partial charge on any atom is -0.299 e. The van der Waals surface area contributed by atoms with Crippen molar-refractivity contribution in [1.82, 2.24) is 14.5 Å². The lowest BCUT2D eigenvalue weighted by atomic mass is 10.3. The molecule has 0 radical (unpaired) electrons. The van der Waals surface area contributed by atoms with Crippen LogP contribution in [0.2, 0.25) is 0 Å². The minimum atomic E-state index is -3.74. The molecule has 0 fully saturated rings. The van der Waals surface area contributed by atoms with Crippen molar-refractivity contribution in [3.05, 3.63) is 24.3 Å². The standard InChI is InChI=1S/C16H22N4O3S4/c1-11(2)10-25-16-19-18-15(26-16)17-14(21)9-20(3)27(22,23)13-7-5-12(24-4)6-8-13/h5-8,11H,9-10H2,1-4H3,(H,17,18,21). The Morgan fingerprint density at radius 3 is 2.52 bits per heavy atom. The lowest BCUT2D eigenvalue weighted by molar-refractivity contribution is -0.116. The van der Waals surface area contributed by atoms with E-state index in [-0.39, 0.29) is 11.4 Å². The maximum Gasteiger partial charge on any atom is 0.243 e. The fourth-order valence-corrected chi connectivity index (χ4v) is 5.21. The molecule has 0 unspecified atom stereocenters. The predicted molar refractivity (Wildman–Crippen MR) is 112 cm³/mol. The average Bonchev–Trinajstić information content (AvgIpc) is 3.07. The Kier molecular flexibility index (Phi) is 8.10. The quantitative estimate of drug-likeness (QED) is 0.467. The topological polar surface area (TPSA) is 92.3 Å². The summed E-state index contributed by atoms with van der Waals surface area (Å²) in [6.07, 6.45) is 1.92. The second kappa shape index (κ2) is 9.87. The number of carbonyl (C=O) groups is 1. The van der Waals surface area contributed by atoms with Crippen LogP contribution in [0.25, 0.3) is 0 Å². The maximum atomic E-state index is 12.6. The molecule has 0 spiro atoms. The van der Waals surface area contributed by atoms with Gasteiger partial charge in [0.25, 0.3) is 0 Å². The number of anilines is 1. The van der Waals surface area contributed by atoms with Crippen molar-refractivity contribution in [3.63, 3.8) is 0 Å². The molecular weight excluding hydrogens is 424 g/mol. The first-order valence-electron chi connectivity index (χ1n) is 8.09. The van der Waals surface area contributed by atoms with E-state index in [0.29, 0.717) is 11.0 Å². The number of nitrogens with one attached hydrogen (secondary N) is 1. The summed E-state index contributed by atoms with van der Waals surface area (Å²) >= 11 is 4.39. The predicted octanol–water partition coefficient (Wildman–Crippen LogP) is 3.27. The number of hydrogen-bond donors (Lipinski definition) is 1. The van der Waals surface area contributed by atoms with Crippen LogP contribution >= 0.6 is 34.9 Å². The number of aromatic nitrogens is 2. The highest BCUT2D eigenvalue weighted by atomic mass is 32.2. The molecule has 1 aromatic carbocycles. The molecule has 1 aromatic heterocycles. The van der Waals surface area contributed by atoms with E-state index >= 15 is 0 Å². The lowest BCUT2D eigenvalue weighted by Gasteiger charge is -2.16. The van der Waals surface area contributed by atoms with Gasteiger partial charge in [-0.25, -0.2) is 8.42 Å². The van der Waals surface area contributed by atoms with Gasteiger partial charge in [0, 0.05) is 17.7 Å². The molecule has 148 valence electrons. The van der Waals surface area contributed by atoms with Crippen LogP contribution in [0.4, 0.5) is 5.13 Å². The third-order valence-electron chi connectivity index (χ3n) is 3.33. The van der Waals surface area contributed by atoms with E-state index in [1.165, 1.54) is 30.1 Å². The second-order valence-corrected chi connectivity index (χ2v) is 11.2. The zero-order valence-electron chi connectivity index (χ0n) is 15.5. The average molecular weight is 447 g/mol. The van der Waals surface area contributed by atoms with Crippen LogP contribution in [0.3, 0.4) is 0 Å². The van der Waals surface area contributed by atoms with Crippen molar-refractivity contribution < 1.29 is 13.2 Å². The number of benzene rings is 1. The highest BCUT2D eigenvalue weighted by molar-refractivity contribution is 8.01. The van der Waals surface area contributed by atoms with Gasteiger partial charge in [0.05, 0.1) is 11.4 Å². The lowest BCUT2D eigenvalue weighted by Crippen LogP contribution is -2.34. The highest BCUT2D eigenvalue weighted by Gasteiger charge is 2.23.